The van der Waals surface area contributed by atoms with Crippen molar-refractivity contribution in [1.82, 2.24) is 15.1 Å². The lowest BCUT2D eigenvalue weighted by molar-refractivity contribution is -0.144. The fourth-order valence-electron chi connectivity index (χ4n) is 3.20. The third-order valence-corrected chi connectivity index (χ3v) is 4.54. The van der Waals surface area contributed by atoms with Crippen LogP contribution in [-0.4, -0.2) is 73.7 Å². The molecule has 0 aliphatic carbocycles. The highest BCUT2D eigenvalue weighted by molar-refractivity contribution is 5.80. The van der Waals surface area contributed by atoms with Gasteiger partial charge in [0.2, 0.25) is 5.91 Å². The van der Waals surface area contributed by atoms with Gasteiger partial charge in [-0.1, -0.05) is 0 Å². The summed E-state index contributed by atoms with van der Waals surface area (Å²) in [6, 6.07) is 0.591. The average molecular weight is 253 g/mol. The SMILES string of the molecule is CC1OCCC1C(=O)N1CC(N2CCNCC2)C1. The Morgan fingerprint density at radius 2 is 2.00 bits per heavy atom. The molecule has 5 heteroatoms. The standard InChI is InChI=1S/C13H23N3O2/c1-10-12(2-7-18-10)13(17)16-8-11(9-16)15-5-3-14-4-6-15/h10-12,14H,2-9H2,1H3. The molecular weight excluding hydrogens is 230 g/mol. The van der Waals surface area contributed by atoms with E-state index in [4.69, 9.17) is 4.74 Å². The molecule has 0 aromatic heterocycles. The van der Waals surface area contributed by atoms with Gasteiger partial charge in [0.1, 0.15) is 0 Å². The summed E-state index contributed by atoms with van der Waals surface area (Å²) < 4.78 is 5.48. The molecule has 3 aliphatic heterocycles. The molecule has 1 N–H and O–H groups in total. The highest BCUT2D eigenvalue weighted by atomic mass is 16.5. The molecule has 2 unspecified atom stereocenters. The van der Waals surface area contributed by atoms with Crippen molar-refractivity contribution in [2.75, 3.05) is 45.9 Å². The Bertz CT molecular complexity index is 311. The topological polar surface area (TPSA) is 44.8 Å². The van der Waals surface area contributed by atoms with Gasteiger partial charge >= 0.3 is 0 Å². The number of hydrogen-bond donors (Lipinski definition) is 1. The predicted octanol–water partition coefficient (Wildman–Crippen LogP) is -0.473. The molecule has 3 saturated heterocycles. The summed E-state index contributed by atoms with van der Waals surface area (Å²) in [5.74, 6) is 0.417. The summed E-state index contributed by atoms with van der Waals surface area (Å²) in [5.41, 5.74) is 0. The van der Waals surface area contributed by atoms with Crippen molar-refractivity contribution >= 4 is 5.91 Å². The summed E-state index contributed by atoms with van der Waals surface area (Å²) in [7, 11) is 0. The maximum atomic E-state index is 12.3. The molecule has 0 bridgehead atoms. The van der Waals surface area contributed by atoms with Crippen LogP contribution in [-0.2, 0) is 9.53 Å². The van der Waals surface area contributed by atoms with Crippen LogP contribution in [0.4, 0.5) is 0 Å². The van der Waals surface area contributed by atoms with Gasteiger partial charge in [-0.3, -0.25) is 9.69 Å². The average Bonchev–Trinajstić information content (AvgIpc) is 2.75. The molecule has 0 saturated carbocycles. The van der Waals surface area contributed by atoms with Crippen LogP contribution in [0.15, 0.2) is 0 Å². The molecule has 3 heterocycles. The summed E-state index contributed by atoms with van der Waals surface area (Å²) in [4.78, 5) is 16.8. The maximum Gasteiger partial charge on any atom is 0.228 e. The highest BCUT2D eigenvalue weighted by Crippen LogP contribution is 2.26. The van der Waals surface area contributed by atoms with Gasteiger partial charge in [0.15, 0.2) is 0 Å². The Hall–Kier alpha value is -0.650. The van der Waals surface area contributed by atoms with Crippen molar-refractivity contribution < 1.29 is 9.53 Å². The molecule has 3 fully saturated rings. The number of hydrogen-bond acceptors (Lipinski definition) is 4. The molecule has 5 nitrogen and oxygen atoms in total. The molecule has 0 aromatic rings. The van der Waals surface area contributed by atoms with E-state index < -0.39 is 0 Å². The second kappa shape index (κ2) is 5.15. The molecular formula is C13H23N3O2. The lowest BCUT2D eigenvalue weighted by Gasteiger charge is -2.47. The molecule has 0 aromatic carbocycles. The molecule has 2 atom stereocenters. The lowest BCUT2D eigenvalue weighted by atomic mass is 9.97. The van der Waals surface area contributed by atoms with Crippen LogP contribution in [0.3, 0.4) is 0 Å². The molecule has 3 aliphatic rings. The van der Waals surface area contributed by atoms with Crippen LogP contribution >= 0.6 is 0 Å². The minimum absolute atomic E-state index is 0.106. The number of nitrogens with zero attached hydrogens (tertiary/aromatic N) is 2. The van der Waals surface area contributed by atoms with Crippen molar-refractivity contribution in [2.24, 2.45) is 5.92 Å². The molecule has 0 radical (unpaired) electrons. The first-order valence-corrected chi connectivity index (χ1v) is 7.11. The molecule has 1 amide bonds. The van der Waals surface area contributed by atoms with Gasteiger partial charge in [-0.15, -0.1) is 0 Å². The first-order chi connectivity index (χ1) is 8.75. The van der Waals surface area contributed by atoms with Crippen molar-refractivity contribution in [1.29, 1.82) is 0 Å². The van der Waals surface area contributed by atoms with E-state index in [1.54, 1.807) is 0 Å². The minimum Gasteiger partial charge on any atom is -0.378 e. The Balaban J connectivity index is 1.47. The Kier molecular flexibility index (Phi) is 3.54. The van der Waals surface area contributed by atoms with E-state index in [9.17, 15) is 4.79 Å². The van der Waals surface area contributed by atoms with E-state index in [2.05, 4.69) is 10.2 Å². The number of likely N-dealkylation sites (tertiary alicyclic amines) is 1. The smallest absolute Gasteiger partial charge is 0.228 e. The first kappa shape index (κ1) is 12.4. The monoisotopic (exact) mass is 253 g/mol. The maximum absolute atomic E-state index is 12.3. The van der Waals surface area contributed by atoms with Gasteiger partial charge in [0.05, 0.1) is 12.0 Å². The van der Waals surface area contributed by atoms with Crippen molar-refractivity contribution in [3.63, 3.8) is 0 Å². The Labute approximate surface area is 108 Å². The largest absolute Gasteiger partial charge is 0.378 e. The van der Waals surface area contributed by atoms with Crippen LogP contribution in [0.25, 0.3) is 0 Å². The van der Waals surface area contributed by atoms with Gasteiger partial charge in [0, 0.05) is 51.9 Å². The van der Waals surface area contributed by atoms with E-state index in [0.717, 1.165) is 52.3 Å². The van der Waals surface area contributed by atoms with E-state index in [0.29, 0.717) is 11.9 Å². The third-order valence-electron chi connectivity index (χ3n) is 4.54. The fraction of sp³-hybridized carbons (Fsp3) is 0.923. The van der Waals surface area contributed by atoms with Gasteiger partial charge in [0.25, 0.3) is 0 Å². The van der Waals surface area contributed by atoms with Crippen LogP contribution in [0.1, 0.15) is 13.3 Å². The number of piperazine rings is 1. The molecule has 18 heavy (non-hydrogen) atoms. The fourth-order valence-corrected chi connectivity index (χ4v) is 3.20. The summed E-state index contributed by atoms with van der Waals surface area (Å²) in [6.07, 6.45) is 1.00. The highest BCUT2D eigenvalue weighted by Gasteiger charge is 2.40. The van der Waals surface area contributed by atoms with Gasteiger partial charge in [-0.25, -0.2) is 0 Å². The quantitative estimate of drug-likeness (QED) is 0.722. The number of carbonyl (C=O) groups excluding carboxylic acids is 1. The molecule has 0 spiro atoms. The Morgan fingerprint density at radius 3 is 2.61 bits per heavy atom. The van der Waals surface area contributed by atoms with E-state index in [1.807, 2.05) is 11.8 Å². The zero-order valence-electron chi connectivity index (χ0n) is 11.1. The van der Waals surface area contributed by atoms with Crippen LogP contribution < -0.4 is 5.32 Å². The third kappa shape index (κ3) is 2.27. The second-order valence-electron chi connectivity index (χ2n) is 5.65. The normalized spacial score (nSPS) is 34.6. The Morgan fingerprint density at radius 1 is 1.28 bits per heavy atom. The first-order valence-electron chi connectivity index (χ1n) is 7.11. The number of carbonyl (C=O) groups is 1. The van der Waals surface area contributed by atoms with Gasteiger partial charge in [-0.05, 0) is 13.3 Å². The summed E-state index contributed by atoms with van der Waals surface area (Å²) in [6.45, 7) is 9.00. The van der Waals surface area contributed by atoms with E-state index in [-0.39, 0.29) is 12.0 Å². The second-order valence-corrected chi connectivity index (χ2v) is 5.65. The van der Waals surface area contributed by atoms with Crippen molar-refractivity contribution in [3.8, 4) is 0 Å². The van der Waals surface area contributed by atoms with Crippen LogP contribution in [0.5, 0.6) is 0 Å². The summed E-state index contributed by atoms with van der Waals surface area (Å²) >= 11 is 0. The summed E-state index contributed by atoms with van der Waals surface area (Å²) in [5, 5.41) is 3.36. The van der Waals surface area contributed by atoms with Gasteiger partial charge < -0.3 is 15.0 Å². The van der Waals surface area contributed by atoms with Crippen LogP contribution in [0, 0.1) is 5.92 Å². The van der Waals surface area contributed by atoms with Gasteiger partial charge in [-0.2, -0.15) is 0 Å². The molecule has 3 rings (SSSR count). The number of nitrogens with one attached hydrogen (secondary N) is 1. The van der Waals surface area contributed by atoms with Crippen LogP contribution in [0.2, 0.25) is 0 Å². The van der Waals surface area contributed by atoms with E-state index in [1.165, 1.54) is 0 Å². The van der Waals surface area contributed by atoms with E-state index >= 15 is 0 Å². The number of ether oxygens (including phenoxy) is 1. The zero-order chi connectivity index (χ0) is 12.5. The predicted molar refractivity (Wildman–Crippen MR) is 68.3 cm³/mol. The zero-order valence-corrected chi connectivity index (χ0v) is 11.1. The molecule has 102 valence electrons. The van der Waals surface area contributed by atoms with Crippen molar-refractivity contribution in [2.45, 2.75) is 25.5 Å². The lowest BCUT2D eigenvalue weighted by Crippen LogP contribution is -2.64. The van der Waals surface area contributed by atoms with Crippen molar-refractivity contribution in [3.05, 3.63) is 0 Å². The number of rotatable bonds is 2. The minimum atomic E-state index is 0.106. The number of amides is 1.